The number of carbonyl (C=O) groups excluding carboxylic acids is 1. The Balaban J connectivity index is 3.97. The number of carbonyl (C=O) groups is 2. The fraction of sp³-hybridized carbons (Fsp3) is 0.905. The van der Waals surface area contributed by atoms with Crippen molar-refractivity contribution in [3.05, 3.63) is 0 Å². The summed E-state index contributed by atoms with van der Waals surface area (Å²) < 4.78 is 0.355. The molecule has 0 radical (unpaired) electrons. The molecule has 0 unspecified atom stereocenters. The van der Waals surface area contributed by atoms with Crippen LogP contribution in [0.25, 0.3) is 0 Å². The van der Waals surface area contributed by atoms with Gasteiger partial charge < -0.3 is 14.7 Å². The lowest BCUT2D eigenvalue weighted by Crippen LogP contribution is -2.54. The summed E-state index contributed by atoms with van der Waals surface area (Å²) in [7, 11) is 5.55. The summed E-state index contributed by atoms with van der Waals surface area (Å²) in [4.78, 5) is 23.5. The maximum absolute atomic E-state index is 12.4. The molecular weight excluding hydrogens is 330 g/mol. The number of quaternary nitrogens is 1. The monoisotopic (exact) mass is 372 g/mol. The van der Waals surface area contributed by atoms with Gasteiger partial charge in [0.1, 0.15) is 6.54 Å². The van der Waals surface area contributed by atoms with Crippen LogP contribution in [0.1, 0.15) is 90.4 Å². The molecule has 0 aliphatic heterocycles. The second-order valence-electron chi connectivity index (χ2n) is 8.76. The van der Waals surface area contributed by atoms with Crippen molar-refractivity contribution in [2.75, 3.05) is 27.7 Å². The van der Waals surface area contributed by atoms with Gasteiger partial charge in [0.2, 0.25) is 0 Å². The summed E-state index contributed by atoms with van der Waals surface area (Å²) in [6.07, 6.45) is 13.0. The highest BCUT2D eigenvalue weighted by atomic mass is 16.4. The Morgan fingerprint density at radius 1 is 0.808 bits per heavy atom. The first-order valence-electron chi connectivity index (χ1n) is 10.4. The predicted octanol–water partition coefficient (Wildman–Crippen LogP) is 4.17. The Kier molecular flexibility index (Phi) is 12.8. The van der Waals surface area contributed by atoms with Gasteiger partial charge in [-0.3, -0.25) is 9.59 Å². The number of aliphatic carboxylic acids is 1. The first kappa shape index (κ1) is 25.1. The smallest absolute Gasteiger partial charge is 0.306 e. The number of hydrogen-bond acceptors (Lipinski definition) is 3. The largest absolute Gasteiger partial charge is 0.481 e. The second-order valence-corrected chi connectivity index (χ2v) is 8.76. The maximum Gasteiger partial charge on any atom is 0.306 e. The molecule has 5 heteroatoms. The van der Waals surface area contributed by atoms with Crippen LogP contribution < -0.4 is 0 Å². The fourth-order valence-corrected chi connectivity index (χ4v) is 3.46. The van der Waals surface area contributed by atoms with Gasteiger partial charge in [-0.15, -0.1) is 0 Å². The average molecular weight is 373 g/mol. The standard InChI is InChI=1S/C21H41NO4/c1-5-6-7-8-9-10-11-12-13-14-15-16-19(23)21(26,17-20(24)25)18-22(2,3)4/h26H,5-18H2,1-4H3/p+1/t21-/m1/s1. The van der Waals surface area contributed by atoms with E-state index in [2.05, 4.69) is 6.92 Å². The van der Waals surface area contributed by atoms with E-state index < -0.39 is 18.0 Å². The number of likely N-dealkylation sites (N-methyl/N-ethyl adjacent to an activating group) is 1. The van der Waals surface area contributed by atoms with E-state index in [1.54, 1.807) is 0 Å². The average Bonchev–Trinajstić information content (AvgIpc) is 2.49. The van der Waals surface area contributed by atoms with Crippen molar-refractivity contribution < 1.29 is 24.3 Å². The third kappa shape index (κ3) is 13.3. The molecule has 0 amide bonds. The van der Waals surface area contributed by atoms with E-state index in [0.717, 1.165) is 19.3 Å². The Bertz CT molecular complexity index is 403. The van der Waals surface area contributed by atoms with Gasteiger partial charge in [0.25, 0.3) is 0 Å². The molecule has 1 atom stereocenters. The van der Waals surface area contributed by atoms with Gasteiger partial charge in [-0.25, -0.2) is 0 Å². The normalized spacial score (nSPS) is 14.2. The Morgan fingerprint density at radius 2 is 1.23 bits per heavy atom. The first-order chi connectivity index (χ1) is 12.1. The van der Waals surface area contributed by atoms with Crippen LogP contribution in [-0.4, -0.2) is 59.7 Å². The van der Waals surface area contributed by atoms with Crippen LogP contribution in [-0.2, 0) is 9.59 Å². The Labute approximate surface area is 160 Å². The van der Waals surface area contributed by atoms with E-state index >= 15 is 0 Å². The zero-order valence-corrected chi connectivity index (χ0v) is 17.6. The molecule has 154 valence electrons. The van der Waals surface area contributed by atoms with E-state index in [0.29, 0.717) is 4.48 Å². The van der Waals surface area contributed by atoms with Gasteiger partial charge in [0, 0.05) is 6.42 Å². The van der Waals surface area contributed by atoms with Crippen molar-refractivity contribution in [2.24, 2.45) is 0 Å². The van der Waals surface area contributed by atoms with Crippen molar-refractivity contribution in [1.29, 1.82) is 0 Å². The van der Waals surface area contributed by atoms with Crippen molar-refractivity contribution >= 4 is 11.8 Å². The lowest BCUT2D eigenvalue weighted by atomic mass is 9.89. The molecule has 0 rings (SSSR count). The van der Waals surface area contributed by atoms with E-state index in [4.69, 9.17) is 5.11 Å². The van der Waals surface area contributed by atoms with E-state index in [1.165, 1.54) is 51.4 Å². The highest BCUT2D eigenvalue weighted by Crippen LogP contribution is 2.20. The van der Waals surface area contributed by atoms with Gasteiger partial charge in [0.15, 0.2) is 11.4 Å². The van der Waals surface area contributed by atoms with Crippen molar-refractivity contribution in [3.8, 4) is 0 Å². The van der Waals surface area contributed by atoms with E-state index in [-0.39, 0.29) is 18.7 Å². The summed E-state index contributed by atoms with van der Waals surface area (Å²) in [5, 5.41) is 19.6. The number of ketones is 1. The van der Waals surface area contributed by atoms with Crippen LogP contribution >= 0.6 is 0 Å². The van der Waals surface area contributed by atoms with Crippen molar-refractivity contribution in [3.63, 3.8) is 0 Å². The number of nitrogens with zero attached hydrogens (tertiary/aromatic N) is 1. The first-order valence-corrected chi connectivity index (χ1v) is 10.4. The predicted molar refractivity (Wildman–Crippen MR) is 106 cm³/mol. The number of carboxylic acid groups (broad SMARTS) is 1. The lowest BCUT2D eigenvalue weighted by molar-refractivity contribution is -0.875. The number of unbranched alkanes of at least 4 members (excludes halogenated alkanes) is 10. The molecule has 0 fully saturated rings. The SMILES string of the molecule is CCCCCCCCCCCCCC(=O)[C@@](O)(CC(=O)O)C[N+](C)(C)C. The summed E-state index contributed by atoms with van der Waals surface area (Å²) in [6.45, 7) is 2.35. The fourth-order valence-electron chi connectivity index (χ4n) is 3.46. The minimum atomic E-state index is -1.76. The third-order valence-corrected chi connectivity index (χ3v) is 4.71. The molecule has 2 N–H and O–H groups in total. The van der Waals surface area contributed by atoms with Gasteiger partial charge in [-0.05, 0) is 6.42 Å². The van der Waals surface area contributed by atoms with Crippen LogP contribution in [0.5, 0.6) is 0 Å². The zero-order valence-electron chi connectivity index (χ0n) is 17.6. The summed E-state index contributed by atoms with van der Waals surface area (Å²) in [5.74, 6) is -1.46. The zero-order chi connectivity index (χ0) is 20.1. The van der Waals surface area contributed by atoms with Gasteiger partial charge in [-0.1, -0.05) is 71.1 Å². The lowest BCUT2D eigenvalue weighted by Gasteiger charge is -2.33. The highest BCUT2D eigenvalue weighted by Gasteiger charge is 2.42. The third-order valence-electron chi connectivity index (χ3n) is 4.71. The summed E-state index contributed by atoms with van der Waals surface area (Å²) in [6, 6.07) is 0. The van der Waals surface area contributed by atoms with Crippen molar-refractivity contribution in [2.45, 2.75) is 96.0 Å². The van der Waals surface area contributed by atoms with Crippen LogP contribution in [0.2, 0.25) is 0 Å². The topological polar surface area (TPSA) is 74.6 Å². The minimum Gasteiger partial charge on any atom is -0.481 e. The quantitative estimate of drug-likeness (QED) is 0.297. The molecule has 0 heterocycles. The minimum absolute atomic E-state index is 0.121. The Hall–Kier alpha value is -0.940. The van der Waals surface area contributed by atoms with Crippen LogP contribution in [0.15, 0.2) is 0 Å². The molecule has 0 spiro atoms. The van der Waals surface area contributed by atoms with Crippen LogP contribution in [0.3, 0.4) is 0 Å². The molecule has 0 aliphatic rings. The second kappa shape index (κ2) is 13.3. The highest BCUT2D eigenvalue weighted by molar-refractivity contribution is 5.90. The molecular formula is C21H42NO4+. The van der Waals surface area contributed by atoms with Gasteiger partial charge >= 0.3 is 5.97 Å². The number of hydrogen-bond donors (Lipinski definition) is 2. The summed E-state index contributed by atoms with van der Waals surface area (Å²) in [5.41, 5.74) is -1.76. The molecule has 0 aromatic heterocycles. The van der Waals surface area contributed by atoms with E-state index in [1.807, 2.05) is 21.1 Å². The number of aliphatic hydroxyl groups is 1. The number of Topliss-reactive ketones (excluding diaryl/α,β-unsaturated/α-hetero) is 1. The molecule has 0 aliphatic carbocycles. The Morgan fingerprint density at radius 3 is 1.62 bits per heavy atom. The number of carboxylic acids is 1. The van der Waals surface area contributed by atoms with Crippen LogP contribution in [0, 0.1) is 0 Å². The molecule has 5 nitrogen and oxygen atoms in total. The molecule has 0 saturated carbocycles. The molecule has 0 aromatic carbocycles. The van der Waals surface area contributed by atoms with Crippen molar-refractivity contribution in [1.82, 2.24) is 0 Å². The molecule has 0 bridgehead atoms. The van der Waals surface area contributed by atoms with E-state index in [9.17, 15) is 14.7 Å². The van der Waals surface area contributed by atoms with Crippen LogP contribution in [0.4, 0.5) is 0 Å². The molecule has 26 heavy (non-hydrogen) atoms. The molecule has 0 saturated heterocycles. The molecule has 0 aromatic rings. The maximum atomic E-state index is 12.4. The van der Waals surface area contributed by atoms with Gasteiger partial charge in [0.05, 0.1) is 27.6 Å². The van der Waals surface area contributed by atoms with Gasteiger partial charge in [-0.2, -0.15) is 0 Å². The number of rotatable bonds is 17. The summed E-state index contributed by atoms with van der Waals surface area (Å²) >= 11 is 0.